The fourth-order valence-corrected chi connectivity index (χ4v) is 2.17. The molecule has 2 atom stereocenters. The standard InChI is InChI=1S/C10H20N2O/c1-10(2)7-13-9(12-10)6-8-4-3-5-11-8/h8-9,11-12H,3-7H2,1-2H3. The molecule has 0 bridgehead atoms. The molecular weight excluding hydrogens is 164 g/mol. The van der Waals surface area contributed by atoms with Crippen molar-refractivity contribution in [2.24, 2.45) is 0 Å². The molecule has 2 aliphatic rings. The summed E-state index contributed by atoms with van der Waals surface area (Å²) in [4.78, 5) is 0. The van der Waals surface area contributed by atoms with E-state index in [1.807, 2.05) is 0 Å². The van der Waals surface area contributed by atoms with Crippen LogP contribution in [0.15, 0.2) is 0 Å². The van der Waals surface area contributed by atoms with E-state index in [0.717, 1.165) is 13.0 Å². The molecule has 2 fully saturated rings. The second-order valence-electron chi connectivity index (χ2n) is 4.86. The minimum atomic E-state index is 0.170. The molecule has 0 aliphatic carbocycles. The van der Waals surface area contributed by atoms with Crippen molar-refractivity contribution in [1.29, 1.82) is 0 Å². The van der Waals surface area contributed by atoms with Gasteiger partial charge in [-0.1, -0.05) is 0 Å². The van der Waals surface area contributed by atoms with Crippen LogP contribution in [0.4, 0.5) is 0 Å². The summed E-state index contributed by atoms with van der Waals surface area (Å²) in [5.41, 5.74) is 0.170. The molecule has 2 heterocycles. The molecule has 3 nitrogen and oxygen atoms in total. The van der Waals surface area contributed by atoms with Crippen LogP contribution < -0.4 is 10.6 Å². The van der Waals surface area contributed by atoms with Crippen molar-refractivity contribution in [3.05, 3.63) is 0 Å². The lowest BCUT2D eigenvalue weighted by molar-refractivity contribution is 0.0845. The molecule has 2 unspecified atom stereocenters. The molecule has 0 aromatic rings. The van der Waals surface area contributed by atoms with Gasteiger partial charge in [-0.3, -0.25) is 5.32 Å². The Labute approximate surface area is 80.2 Å². The van der Waals surface area contributed by atoms with Crippen molar-refractivity contribution in [2.75, 3.05) is 13.2 Å². The van der Waals surface area contributed by atoms with Gasteiger partial charge in [0, 0.05) is 18.0 Å². The van der Waals surface area contributed by atoms with Crippen molar-refractivity contribution in [3.8, 4) is 0 Å². The summed E-state index contributed by atoms with van der Waals surface area (Å²) >= 11 is 0. The van der Waals surface area contributed by atoms with Gasteiger partial charge in [0.1, 0.15) is 6.23 Å². The average molecular weight is 184 g/mol. The zero-order valence-electron chi connectivity index (χ0n) is 8.60. The van der Waals surface area contributed by atoms with Crippen LogP contribution >= 0.6 is 0 Å². The number of ether oxygens (including phenoxy) is 1. The second kappa shape index (κ2) is 3.56. The monoisotopic (exact) mass is 184 g/mol. The summed E-state index contributed by atoms with van der Waals surface area (Å²) < 4.78 is 5.68. The van der Waals surface area contributed by atoms with Gasteiger partial charge in [0.15, 0.2) is 0 Å². The molecule has 0 amide bonds. The third kappa shape index (κ3) is 2.42. The number of nitrogens with one attached hydrogen (secondary N) is 2. The fraction of sp³-hybridized carbons (Fsp3) is 1.00. The Hall–Kier alpha value is -0.120. The van der Waals surface area contributed by atoms with Crippen molar-refractivity contribution >= 4 is 0 Å². The van der Waals surface area contributed by atoms with E-state index in [1.54, 1.807) is 0 Å². The fourth-order valence-electron chi connectivity index (χ4n) is 2.17. The lowest BCUT2D eigenvalue weighted by Crippen LogP contribution is -2.41. The first-order valence-electron chi connectivity index (χ1n) is 5.28. The number of hydrogen-bond donors (Lipinski definition) is 2. The Balaban J connectivity index is 1.77. The highest BCUT2D eigenvalue weighted by molar-refractivity contribution is 4.87. The van der Waals surface area contributed by atoms with E-state index >= 15 is 0 Å². The Morgan fingerprint density at radius 3 is 2.85 bits per heavy atom. The summed E-state index contributed by atoms with van der Waals surface area (Å²) in [7, 11) is 0. The van der Waals surface area contributed by atoms with Crippen LogP contribution in [0.5, 0.6) is 0 Å². The molecular formula is C10H20N2O. The van der Waals surface area contributed by atoms with E-state index in [4.69, 9.17) is 4.74 Å². The van der Waals surface area contributed by atoms with Gasteiger partial charge in [0.2, 0.25) is 0 Å². The largest absolute Gasteiger partial charge is 0.361 e. The van der Waals surface area contributed by atoms with Gasteiger partial charge in [0.05, 0.1) is 6.61 Å². The molecule has 13 heavy (non-hydrogen) atoms. The highest BCUT2D eigenvalue weighted by Crippen LogP contribution is 2.19. The normalized spacial score (nSPS) is 38.3. The molecule has 3 heteroatoms. The van der Waals surface area contributed by atoms with Crippen LogP contribution in [0.1, 0.15) is 33.1 Å². The Kier molecular flexibility index (Phi) is 2.58. The van der Waals surface area contributed by atoms with Gasteiger partial charge >= 0.3 is 0 Å². The van der Waals surface area contributed by atoms with Crippen molar-refractivity contribution in [3.63, 3.8) is 0 Å². The van der Waals surface area contributed by atoms with E-state index in [-0.39, 0.29) is 11.8 Å². The van der Waals surface area contributed by atoms with Crippen LogP contribution in [-0.4, -0.2) is 31.0 Å². The highest BCUT2D eigenvalue weighted by atomic mass is 16.5. The zero-order valence-corrected chi connectivity index (χ0v) is 8.60. The molecule has 2 saturated heterocycles. The Morgan fingerprint density at radius 2 is 2.31 bits per heavy atom. The van der Waals surface area contributed by atoms with Crippen molar-refractivity contribution < 1.29 is 4.74 Å². The van der Waals surface area contributed by atoms with Crippen LogP contribution in [0.2, 0.25) is 0 Å². The molecule has 0 spiro atoms. The van der Waals surface area contributed by atoms with E-state index in [2.05, 4.69) is 24.5 Å². The second-order valence-corrected chi connectivity index (χ2v) is 4.86. The van der Waals surface area contributed by atoms with Gasteiger partial charge < -0.3 is 10.1 Å². The van der Waals surface area contributed by atoms with Crippen LogP contribution in [0.3, 0.4) is 0 Å². The first-order valence-corrected chi connectivity index (χ1v) is 5.28. The third-order valence-corrected chi connectivity index (χ3v) is 2.86. The van der Waals surface area contributed by atoms with E-state index < -0.39 is 0 Å². The number of hydrogen-bond acceptors (Lipinski definition) is 3. The minimum Gasteiger partial charge on any atom is -0.361 e. The SMILES string of the molecule is CC1(C)COC(CC2CCCN2)N1. The van der Waals surface area contributed by atoms with Gasteiger partial charge in [-0.05, 0) is 33.2 Å². The Bertz CT molecular complexity index is 176. The summed E-state index contributed by atoms with van der Waals surface area (Å²) in [6.45, 7) is 6.40. The van der Waals surface area contributed by atoms with E-state index in [1.165, 1.54) is 19.4 Å². The minimum absolute atomic E-state index is 0.170. The molecule has 0 aromatic carbocycles. The van der Waals surface area contributed by atoms with Crippen LogP contribution in [0.25, 0.3) is 0 Å². The smallest absolute Gasteiger partial charge is 0.110 e. The van der Waals surface area contributed by atoms with Crippen LogP contribution in [-0.2, 0) is 4.74 Å². The summed E-state index contributed by atoms with van der Waals surface area (Å²) in [6.07, 6.45) is 4.01. The predicted molar refractivity (Wildman–Crippen MR) is 52.6 cm³/mol. The quantitative estimate of drug-likeness (QED) is 0.667. The molecule has 0 saturated carbocycles. The first-order chi connectivity index (χ1) is 6.16. The maximum absolute atomic E-state index is 5.68. The maximum Gasteiger partial charge on any atom is 0.110 e. The molecule has 0 aromatic heterocycles. The average Bonchev–Trinajstić information content (AvgIpc) is 2.61. The van der Waals surface area contributed by atoms with Gasteiger partial charge in [-0.2, -0.15) is 0 Å². The molecule has 0 radical (unpaired) electrons. The molecule has 2 aliphatic heterocycles. The predicted octanol–water partition coefficient (Wildman–Crippen LogP) is 0.853. The first kappa shape index (κ1) is 9.44. The van der Waals surface area contributed by atoms with Gasteiger partial charge in [0.25, 0.3) is 0 Å². The van der Waals surface area contributed by atoms with Gasteiger partial charge in [-0.15, -0.1) is 0 Å². The van der Waals surface area contributed by atoms with Gasteiger partial charge in [-0.25, -0.2) is 0 Å². The topological polar surface area (TPSA) is 33.3 Å². The summed E-state index contributed by atoms with van der Waals surface area (Å²) in [6, 6.07) is 0.673. The number of rotatable bonds is 2. The van der Waals surface area contributed by atoms with Crippen molar-refractivity contribution in [2.45, 2.75) is 50.9 Å². The lowest BCUT2D eigenvalue weighted by Gasteiger charge is -2.19. The van der Waals surface area contributed by atoms with E-state index in [0.29, 0.717) is 6.04 Å². The molecule has 76 valence electrons. The highest BCUT2D eigenvalue weighted by Gasteiger charge is 2.32. The summed E-state index contributed by atoms with van der Waals surface area (Å²) in [5, 5.41) is 6.99. The third-order valence-electron chi connectivity index (χ3n) is 2.86. The summed E-state index contributed by atoms with van der Waals surface area (Å²) in [5.74, 6) is 0. The Morgan fingerprint density at radius 1 is 1.46 bits per heavy atom. The molecule has 2 N–H and O–H groups in total. The maximum atomic E-state index is 5.68. The van der Waals surface area contributed by atoms with E-state index in [9.17, 15) is 0 Å². The van der Waals surface area contributed by atoms with Crippen LogP contribution in [0, 0.1) is 0 Å². The van der Waals surface area contributed by atoms with Crippen molar-refractivity contribution in [1.82, 2.24) is 10.6 Å². The zero-order chi connectivity index (χ0) is 9.31. The lowest BCUT2D eigenvalue weighted by atomic mass is 10.1. The molecule has 2 rings (SSSR count).